The zero-order valence-corrected chi connectivity index (χ0v) is 27.2. The molecule has 1 saturated heterocycles. The van der Waals surface area contributed by atoms with Crippen LogP contribution in [0.5, 0.6) is 0 Å². The second-order valence-corrected chi connectivity index (χ2v) is 13.5. The van der Waals surface area contributed by atoms with E-state index in [1.165, 1.54) is 4.90 Å². The lowest BCUT2D eigenvalue weighted by molar-refractivity contribution is -0.144. The van der Waals surface area contributed by atoms with Gasteiger partial charge < -0.3 is 31.1 Å². The van der Waals surface area contributed by atoms with E-state index in [0.29, 0.717) is 13.0 Å². The maximum atomic E-state index is 13.8. The maximum Gasteiger partial charge on any atom is 0.404 e. The Morgan fingerprint density at radius 1 is 1.05 bits per heavy atom. The number of carbonyl (C=O) groups is 4. The summed E-state index contributed by atoms with van der Waals surface area (Å²) < 4.78 is 0. The number of β-amino-alcohol motifs (C(OH)–C–C–N with tert-alkyl or cyclic N) is 1. The third-order valence-electron chi connectivity index (χ3n) is 7.92. The zero-order chi connectivity index (χ0) is 32.4. The number of hydrogen-bond donors (Lipinski definition) is 5. The highest BCUT2D eigenvalue weighted by Crippen LogP contribution is 2.29. The first-order valence-corrected chi connectivity index (χ1v) is 16.2. The molecule has 5 N–H and O–H groups in total. The number of aryl methyl sites for hydroxylation is 1. The van der Waals surface area contributed by atoms with Gasteiger partial charge in [-0.2, -0.15) is 0 Å². The Balaban J connectivity index is 1.57. The molecule has 0 radical (unpaired) electrons. The molecule has 4 amide bonds. The quantitative estimate of drug-likeness (QED) is 0.194. The van der Waals surface area contributed by atoms with E-state index in [1.807, 2.05) is 64.4 Å². The number of aliphatic hydroxyl groups is 1. The van der Waals surface area contributed by atoms with Crippen molar-refractivity contribution in [2.24, 2.45) is 5.41 Å². The van der Waals surface area contributed by atoms with Crippen LogP contribution in [0.25, 0.3) is 10.4 Å². The van der Waals surface area contributed by atoms with Gasteiger partial charge in [0.05, 0.1) is 28.2 Å². The number of benzene rings is 1. The summed E-state index contributed by atoms with van der Waals surface area (Å²) in [6.07, 6.45) is 2.48. The summed E-state index contributed by atoms with van der Waals surface area (Å²) in [6.45, 7) is 9.87. The van der Waals surface area contributed by atoms with Crippen molar-refractivity contribution in [2.45, 2.75) is 104 Å². The minimum absolute atomic E-state index is 0.0212. The van der Waals surface area contributed by atoms with Gasteiger partial charge in [0.15, 0.2) is 0 Å². The lowest BCUT2D eigenvalue weighted by atomic mass is 9.85. The Hall–Kier alpha value is -3.51. The van der Waals surface area contributed by atoms with Gasteiger partial charge in [-0.1, -0.05) is 64.3 Å². The van der Waals surface area contributed by atoms with Crippen molar-refractivity contribution in [2.75, 3.05) is 13.1 Å². The van der Waals surface area contributed by atoms with Crippen LogP contribution < -0.4 is 16.0 Å². The Labute approximate surface area is 263 Å². The third-order valence-corrected chi connectivity index (χ3v) is 8.89. The first kappa shape index (κ1) is 35.0. The first-order valence-electron chi connectivity index (χ1n) is 15.3. The van der Waals surface area contributed by atoms with E-state index in [9.17, 15) is 24.3 Å². The summed E-state index contributed by atoms with van der Waals surface area (Å²) in [7, 11) is 0. The van der Waals surface area contributed by atoms with Gasteiger partial charge in [0.1, 0.15) is 12.1 Å². The van der Waals surface area contributed by atoms with E-state index in [4.69, 9.17) is 5.11 Å². The molecule has 1 aliphatic heterocycles. The van der Waals surface area contributed by atoms with Gasteiger partial charge in [-0.05, 0) is 43.2 Å². The van der Waals surface area contributed by atoms with Crippen LogP contribution in [0.15, 0.2) is 29.8 Å². The van der Waals surface area contributed by atoms with Gasteiger partial charge in [-0.15, -0.1) is 11.3 Å². The number of thiazole rings is 1. The van der Waals surface area contributed by atoms with Gasteiger partial charge in [0.2, 0.25) is 17.7 Å². The van der Waals surface area contributed by atoms with E-state index in [0.717, 1.165) is 47.4 Å². The normalized spacial score (nSPS) is 18.0. The molecule has 2 aromatic rings. The molecule has 1 aromatic carbocycles. The summed E-state index contributed by atoms with van der Waals surface area (Å²) in [5, 5.41) is 27.3. The summed E-state index contributed by atoms with van der Waals surface area (Å²) >= 11 is 1.58. The average Bonchev–Trinajstić information content (AvgIpc) is 3.57. The van der Waals surface area contributed by atoms with Crippen LogP contribution in [-0.4, -0.2) is 75.2 Å². The second kappa shape index (κ2) is 16.0. The number of rotatable bonds is 14. The Kier molecular flexibility index (Phi) is 12.7. The molecule has 0 bridgehead atoms. The van der Waals surface area contributed by atoms with Crippen molar-refractivity contribution in [3.8, 4) is 10.4 Å². The highest BCUT2D eigenvalue weighted by Gasteiger charge is 2.44. The maximum absolute atomic E-state index is 13.8. The molecule has 11 nitrogen and oxygen atoms in total. The van der Waals surface area contributed by atoms with Gasteiger partial charge in [-0.3, -0.25) is 14.4 Å². The minimum Gasteiger partial charge on any atom is -0.465 e. The van der Waals surface area contributed by atoms with Gasteiger partial charge in [0, 0.05) is 25.9 Å². The molecule has 0 aliphatic carbocycles. The molecule has 2 heterocycles. The number of likely N-dealkylation sites (tertiary alicyclic amines) is 1. The smallest absolute Gasteiger partial charge is 0.404 e. The van der Waals surface area contributed by atoms with E-state index >= 15 is 0 Å². The van der Waals surface area contributed by atoms with E-state index in [2.05, 4.69) is 20.9 Å². The van der Waals surface area contributed by atoms with Crippen molar-refractivity contribution >= 4 is 35.2 Å². The van der Waals surface area contributed by atoms with E-state index in [-0.39, 0.29) is 43.1 Å². The fraction of sp³-hybridized carbons (Fsp3) is 0.594. The predicted molar refractivity (Wildman–Crippen MR) is 170 cm³/mol. The van der Waals surface area contributed by atoms with Crippen LogP contribution >= 0.6 is 11.3 Å². The molecule has 1 fully saturated rings. The number of nitrogens with one attached hydrogen (secondary N) is 3. The van der Waals surface area contributed by atoms with Crippen LogP contribution in [0, 0.1) is 12.3 Å². The van der Waals surface area contributed by atoms with Crippen molar-refractivity contribution in [1.29, 1.82) is 0 Å². The number of nitrogens with zero attached hydrogens (tertiary/aromatic N) is 2. The molecule has 0 saturated carbocycles. The van der Waals surface area contributed by atoms with Crippen LogP contribution in [-0.2, 0) is 14.4 Å². The predicted octanol–water partition coefficient (Wildman–Crippen LogP) is 4.40. The molecule has 242 valence electrons. The topological polar surface area (TPSA) is 161 Å². The summed E-state index contributed by atoms with van der Waals surface area (Å²) in [4.78, 5) is 57.4. The highest BCUT2D eigenvalue weighted by atomic mass is 32.1. The number of amides is 4. The minimum atomic E-state index is -1.03. The molecule has 3 rings (SSSR count). The molecular weight excluding hydrogens is 582 g/mol. The molecule has 1 aliphatic rings. The molecular formula is C32H47N5O6S. The van der Waals surface area contributed by atoms with Crippen LogP contribution in [0.1, 0.15) is 89.9 Å². The SMILES string of the molecule is Cc1ncsc1-c1ccc([C@H](C)NC(=O)[C@@H]2C[C@@H](O)CN2C(=O)[C@@H](NC(=O)CCCCCCCNC(=O)O)C(C)(C)C)cc1. The molecule has 44 heavy (non-hydrogen) atoms. The number of unbranched alkanes of at least 4 members (excludes halogenated alkanes) is 4. The summed E-state index contributed by atoms with van der Waals surface area (Å²) in [6, 6.07) is 5.91. The van der Waals surface area contributed by atoms with Crippen LogP contribution in [0.3, 0.4) is 0 Å². The van der Waals surface area contributed by atoms with Gasteiger partial charge >= 0.3 is 6.09 Å². The standard InChI is InChI=1S/C32H47N5O6S/c1-20(22-12-14-23(15-13-22)27-21(2)34-19-44-27)35-29(40)25-17-24(38)18-37(25)30(41)28(32(3,4)5)36-26(39)11-9-7-6-8-10-16-33-31(42)43/h12-15,19-20,24-25,28,33,38H,6-11,16-18H2,1-5H3,(H,35,40)(H,36,39)(H,42,43)/t20-,24+,25-,28+/m0/s1. The molecule has 1 aromatic heterocycles. The van der Waals surface area contributed by atoms with Crippen molar-refractivity contribution in [3.63, 3.8) is 0 Å². The fourth-order valence-electron chi connectivity index (χ4n) is 5.38. The van der Waals surface area contributed by atoms with Crippen molar-refractivity contribution < 1.29 is 29.4 Å². The van der Waals surface area contributed by atoms with Gasteiger partial charge in [0.25, 0.3) is 0 Å². The van der Waals surface area contributed by atoms with E-state index < -0.39 is 29.7 Å². The molecule has 4 atom stereocenters. The lowest BCUT2D eigenvalue weighted by Gasteiger charge is -2.35. The zero-order valence-electron chi connectivity index (χ0n) is 26.4. The first-order chi connectivity index (χ1) is 20.8. The lowest BCUT2D eigenvalue weighted by Crippen LogP contribution is -2.57. The van der Waals surface area contributed by atoms with Crippen LogP contribution in [0.2, 0.25) is 0 Å². The third kappa shape index (κ3) is 10.0. The van der Waals surface area contributed by atoms with E-state index in [1.54, 1.807) is 11.3 Å². The van der Waals surface area contributed by atoms with Crippen molar-refractivity contribution in [3.05, 3.63) is 41.0 Å². The Morgan fingerprint density at radius 3 is 2.32 bits per heavy atom. The monoisotopic (exact) mass is 629 g/mol. The van der Waals surface area contributed by atoms with Crippen molar-refractivity contribution in [1.82, 2.24) is 25.8 Å². The molecule has 0 unspecified atom stereocenters. The number of aromatic nitrogens is 1. The largest absolute Gasteiger partial charge is 0.465 e. The summed E-state index contributed by atoms with van der Waals surface area (Å²) in [5.41, 5.74) is 4.14. The fourth-order valence-corrected chi connectivity index (χ4v) is 6.20. The number of hydrogen-bond acceptors (Lipinski definition) is 7. The molecule has 12 heteroatoms. The second-order valence-electron chi connectivity index (χ2n) is 12.6. The van der Waals surface area contributed by atoms with Crippen LogP contribution in [0.4, 0.5) is 4.79 Å². The van der Waals surface area contributed by atoms with Gasteiger partial charge in [-0.25, -0.2) is 9.78 Å². The summed E-state index contributed by atoms with van der Waals surface area (Å²) in [5.74, 6) is -0.968. The highest BCUT2D eigenvalue weighted by molar-refractivity contribution is 7.13. The average molecular weight is 630 g/mol. The number of aliphatic hydroxyl groups excluding tert-OH is 1. The number of carboxylic acid groups (broad SMARTS) is 1. The molecule has 0 spiro atoms. The Bertz CT molecular complexity index is 1270. The number of carbonyl (C=O) groups excluding carboxylic acids is 3. The Morgan fingerprint density at radius 2 is 1.70 bits per heavy atom.